The lowest BCUT2D eigenvalue weighted by Crippen LogP contribution is -2.03. The Hall–Kier alpha value is -1.91. The van der Waals surface area contributed by atoms with Gasteiger partial charge in [-0.15, -0.1) is 0 Å². The van der Waals surface area contributed by atoms with Crippen molar-refractivity contribution < 1.29 is 13.0 Å². The van der Waals surface area contributed by atoms with Gasteiger partial charge in [-0.1, -0.05) is 55.1 Å². The van der Waals surface area contributed by atoms with Crippen molar-refractivity contribution >= 4 is 16.2 Å². The van der Waals surface area contributed by atoms with Crippen LogP contribution in [0.1, 0.15) is 16.7 Å². The molecule has 2 aromatic carbocycles. The molecular formula is C15H14O3S. The van der Waals surface area contributed by atoms with Gasteiger partial charge in [0.25, 0.3) is 10.1 Å². The topological polar surface area (TPSA) is 54.4 Å². The van der Waals surface area contributed by atoms with Gasteiger partial charge in [-0.25, -0.2) is 0 Å². The quantitative estimate of drug-likeness (QED) is 0.871. The van der Waals surface area contributed by atoms with E-state index < -0.39 is 10.1 Å². The van der Waals surface area contributed by atoms with Gasteiger partial charge in [0, 0.05) is 0 Å². The first kappa shape index (κ1) is 13.5. The van der Waals surface area contributed by atoms with Crippen LogP contribution in [0.5, 0.6) is 0 Å². The highest BCUT2D eigenvalue weighted by Crippen LogP contribution is 2.19. The Morgan fingerprint density at radius 2 is 1.68 bits per heavy atom. The minimum atomic E-state index is -4.18. The zero-order valence-corrected chi connectivity index (χ0v) is 11.1. The molecule has 3 nitrogen and oxygen atoms in total. The third kappa shape index (κ3) is 3.30. The van der Waals surface area contributed by atoms with Crippen molar-refractivity contribution in [2.24, 2.45) is 0 Å². The Labute approximate surface area is 113 Å². The highest BCUT2D eigenvalue weighted by Gasteiger charge is 2.14. The third-order valence-corrected chi connectivity index (χ3v) is 3.81. The summed E-state index contributed by atoms with van der Waals surface area (Å²) in [5, 5.41) is 0. The van der Waals surface area contributed by atoms with Gasteiger partial charge in [0.15, 0.2) is 0 Å². The molecule has 0 radical (unpaired) electrons. The second-order valence-electron chi connectivity index (χ2n) is 4.21. The lowest BCUT2D eigenvalue weighted by atomic mass is 10.0. The molecule has 0 spiro atoms. The van der Waals surface area contributed by atoms with Crippen molar-refractivity contribution in [3.8, 4) is 0 Å². The van der Waals surface area contributed by atoms with Gasteiger partial charge in [0.05, 0.1) is 4.90 Å². The van der Waals surface area contributed by atoms with Crippen molar-refractivity contribution in [1.29, 1.82) is 0 Å². The second kappa shape index (κ2) is 5.38. The van der Waals surface area contributed by atoms with Crippen LogP contribution in [0.2, 0.25) is 0 Å². The van der Waals surface area contributed by atoms with Crippen LogP contribution in [-0.2, 0) is 16.5 Å². The molecule has 0 atom stereocenters. The van der Waals surface area contributed by atoms with Gasteiger partial charge < -0.3 is 0 Å². The van der Waals surface area contributed by atoms with Crippen molar-refractivity contribution in [2.75, 3.05) is 0 Å². The fraction of sp³-hybridized carbons (Fsp3) is 0.0667. The minimum Gasteiger partial charge on any atom is -0.282 e. The lowest BCUT2D eigenvalue weighted by Gasteiger charge is -2.07. The summed E-state index contributed by atoms with van der Waals surface area (Å²) >= 11 is 0. The Balaban J connectivity index is 2.35. The van der Waals surface area contributed by atoms with Crippen LogP contribution < -0.4 is 0 Å². The molecule has 0 bridgehead atoms. The molecule has 0 aliphatic rings. The number of hydrogen-bond donors (Lipinski definition) is 1. The van der Waals surface area contributed by atoms with Crippen molar-refractivity contribution in [2.45, 2.75) is 11.3 Å². The molecule has 0 amide bonds. The summed E-state index contributed by atoms with van der Waals surface area (Å²) in [6.07, 6.45) is 2.20. The number of benzene rings is 2. The highest BCUT2D eigenvalue weighted by atomic mass is 32.2. The average molecular weight is 274 g/mol. The Morgan fingerprint density at radius 1 is 1.05 bits per heavy atom. The van der Waals surface area contributed by atoms with E-state index in [0.29, 0.717) is 12.0 Å². The zero-order valence-electron chi connectivity index (χ0n) is 10.3. The fourth-order valence-electron chi connectivity index (χ4n) is 1.89. The molecule has 0 saturated carbocycles. The maximum Gasteiger partial charge on any atom is 0.294 e. The van der Waals surface area contributed by atoms with Crippen LogP contribution in [0.4, 0.5) is 0 Å². The highest BCUT2D eigenvalue weighted by molar-refractivity contribution is 7.85. The Kier molecular flexibility index (Phi) is 3.83. The fourth-order valence-corrected chi connectivity index (χ4v) is 2.62. The van der Waals surface area contributed by atoms with E-state index in [1.54, 1.807) is 24.3 Å². The maximum absolute atomic E-state index is 11.3. The van der Waals surface area contributed by atoms with E-state index in [0.717, 1.165) is 11.1 Å². The van der Waals surface area contributed by atoms with E-state index in [2.05, 4.69) is 6.58 Å². The molecule has 98 valence electrons. The van der Waals surface area contributed by atoms with Gasteiger partial charge in [0.1, 0.15) is 0 Å². The van der Waals surface area contributed by atoms with Crippen LogP contribution in [-0.4, -0.2) is 13.0 Å². The van der Waals surface area contributed by atoms with E-state index in [4.69, 9.17) is 0 Å². The standard InChI is InChI=1S/C15H14O3S/c1-2-12-7-9-13(10-8-12)11-14-5-3-4-6-15(14)19(16,17)18/h2-10H,1,11H2,(H,16,17,18). The molecule has 0 saturated heterocycles. The predicted octanol–water partition coefficient (Wildman–Crippen LogP) is 3.17. The molecule has 2 rings (SSSR count). The molecule has 0 aromatic heterocycles. The summed E-state index contributed by atoms with van der Waals surface area (Å²) in [6.45, 7) is 3.68. The first-order valence-electron chi connectivity index (χ1n) is 5.77. The van der Waals surface area contributed by atoms with E-state index in [1.165, 1.54) is 6.07 Å². The van der Waals surface area contributed by atoms with Gasteiger partial charge in [-0.2, -0.15) is 8.42 Å². The lowest BCUT2D eigenvalue weighted by molar-refractivity contribution is 0.482. The summed E-state index contributed by atoms with van der Waals surface area (Å²) in [4.78, 5) is -0.0391. The zero-order chi connectivity index (χ0) is 13.9. The van der Waals surface area contributed by atoms with Crippen LogP contribution in [0.15, 0.2) is 60.0 Å². The molecule has 0 unspecified atom stereocenters. The summed E-state index contributed by atoms with van der Waals surface area (Å²) in [7, 11) is -4.18. The second-order valence-corrected chi connectivity index (χ2v) is 5.60. The average Bonchev–Trinajstić information content (AvgIpc) is 2.39. The number of rotatable bonds is 4. The van der Waals surface area contributed by atoms with E-state index in [9.17, 15) is 13.0 Å². The molecular weight excluding hydrogens is 260 g/mol. The normalized spacial score (nSPS) is 11.2. The van der Waals surface area contributed by atoms with Crippen molar-refractivity contribution in [3.05, 3.63) is 71.8 Å². The monoisotopic (exact) mass is 274 g/mol. The van der Waals surface area contributed by atoms with E-state index in [1.807, 2.05) is 24.3 Å². The van der Waals surface area contributed by atoms with Crippen molar-refractivity contribution in [3.63, 3.8) is 0 Å². The minimum absolute atomic E-state index is 0.0391. The molecule has 0 fully saturated rings. The maximum atomic E-state index is 11.3. The molecule has 1 N–H and O–H groups in total. The first-order valence-corrected chi connectivity index (χ1v) is 7.21. The largest absolute Gasteiger partial charge is 0.294 e. The molecule has 4 heteroatoms. The summed E-state index contributed by atoms with van der Waals surface area (Å²) in [5.74, 6) is 0. The summed E-state index contributed by atoms with van der Waals surface area (Å²) in [6, 6.07) is 14.1. The predicted molar refractivity (Wildman–Crippen MR) is 75.6 cm³/mol. The number of hydrogen-bond acceptors (Lipinski definition) is 2. The van der Waals surface area contributed by atoms with Gasteiger partial charge in [0.2, 0.25) is 0 Å². The molecule has 19 heavy (non-hydrogen) atoms. The summed E-state index contributed by atoms with van der Waals surface area (Å²) < 4.78 is 31.8. The Bertz CT molecular complexity index is 686. The van der Waals surface area contributed by atoms with E-state index in [-0.39, 0.29) is 4.90 Å². The van der Waals surface area contributed by atoms with Crippen LogP contribution in [0, 0.1) is 0 Å². The molecule has 2 aromatic rings. The van der Waals surface area contributed by atoms with E-state index >= 15 is 0 Å². The molecule has 0 aliphatic heterocycles. The SMILES string of the molecule is C=Cc1ccc(Cc2ccccc2S(=O)(=O)O)cc1. The van der Waals surface area contributed by atoms with Crippen LogP contribution in [0.3, 0.4) is 0 Å². The smallest absolute Gasteiger partial charge is 0.282 e. The van der Waals surface area contributed by atoms with Gasteiger partial charge in [-0.3, -0.25) is 4.55 Å². The van der Waals surface area contributed by atoms with Crippen LogP contribution in [0.25, 0.3) is 6.08 Å². The summed E-state index contributed by atoms with van der Waals surface area (Å²) in [5.41, 5.74) is 2.56. The molecule has 0 aliphatic carbocycles. The van der Waals surface area contributed by atoms with Gasteiger partial charge in [-0.05, 0) is 29.2 Å². The Morgan fingerprint density at radius 3 is 2.26 bits per heavy atom. The van der Waals surface area contributed by atoms with Crippen LogP contribution >= 0.6 is 0 Å². The van der Waals surface area contributed by atoms with Gasteiger partial charge >= 0.3 is 0 Å². The first-order chi connectivity index (χ1) is 9.00. The third-order valence-electron chi connectivity index (χ3n) is 2.86. The molecule has 0 heterocycles. The van der Waals surface area contributed by atoms with Crippen molar-refractivity contribution in [1.82, 2.24) is 0 Å².